The van der Waals surface area contributed by atoms with Crippen LogP contribution in [0.2, 0.25) is 0 Å². The Morgan fingerprint density at radius 2 is 1.76 bits per heavy atom. The molecule has 34 heavy (non-hydrogen) atoms. The van der Waals surface area contributed by atoms with Gasteiger partial charge in [-0.1, -0.05) is 51.2 Å². The Morgan fingerprint density at radius 3 is 2.41 bits per heavy atom. The van der Waals surface area contributed by atoms with Crippen LogP contribution in [0.5, 0.6) is 0 Å². The minimum absolute atomic E-state index is 0.102. The van der Waals surface area contributed by atoms with Crippen molar-refractivity contribution < 1.29 is 22.7 Å². The lowest BCUT2D eigenvalue weighted by Crippen LogP contribution is -2.46. The van der Waals surface area contributed by atoms with Crippen LogP contribution >= 0.6 is 12.2 Å². The first-order valence-electron chi connectivity index (χ1n) is 11.7. The maximum Gasteiger partial charge on any atom is 0.338 e. The van der Waals surface area contributed by atoms with E-state index < -0.39 is 22.0 Å². The van der Waals surface area contributed by atoms with E-state index >= 15 is 0 Å². The fraction of sp³-hybridized carbons (Fsp3) is 0.583. The first-order valence-corrected chi connectivity index (χ1v) is 13.8. The number of carbonyl (C=O) groups excluding carboxylic acids is 1. The summed E-state index contributed by atoms with van der Waals surface area (Å²) in [4.78, 5) is 14.5. The largest absolute Gasteiger partial charge is 0.460 e. The monoisotopic (exact) mass is 511 g/mol. The average Bonchev–Trinajstić information content (AvgIpc) is 2.80. The number of benzene rings is 1. The molecule has 10 heteroatoms. The second kappa shape index (κ2) is 13.7. The standard InChI is InChI=1S/C24H37N3O5S2/c1-5-6-7-8-9-10-17-34(29,30)26-20-13-11-19(12-14-20)22-21(23(28)32-16-15-31-4)18(2)27(3)24(33)25-22/h11-14,22,26H,5-10,15-17H2,1-4H3,(H,25,33). The molecule has 1 aromatic rings. The van der Waals surface area contributed by atoms with Crippen LogP contribution in [0.4, 0.5) is 5.69 Å². The van der Waals surface area contributed by atoms with Gasteiger partial charge in [0.15, 0.2) is 5.11 Å². The van der Waals surface area contributed by atoms with E-state index in [0.717, 1.165) is 24.8 Å². The molecule has 0 aromatic heterocycles. The van der Waals surface area contributed by atoms with Gasteiger partial charge in [-0.25, -0.2) is 13.2 Å². The second-order valence-corrected chi connectivity index (χ2v) is 10.6. The van der Waals surface area contributed by atoms with E-state index in [1.54, 1.807) is 43.3 Å². The molecule has 0 spiro atoms. The van der Waals surface area contributed by atoms with Gasteiger partial charge in [-0.05, 0) is 43.3 Å². The first-order chi connectivity index (χ1) is 16.2. The predicted octanol–water partition coefficient (Wildman–Crippen LogP) is 4.11. The molecule has 0 amide bonds. The third-order valence-corrected chi connectivity index (χ3v) is 7.54. The highest BCUT2D eigenvalue weighted by molar-refractivity contribution is 7.92. The van der Waals surface area contributed by atoms with Crippen LogP contribution in [0, 0.1) is 0 Å². The van der Waals surface area contributed by atoms with Gasteiger partial charge in [-0.15, -0.1) is 0 Å². The van der Waals surface area contributed by atoms with Gasteiger partial charge in [0.1, 0.15) is 6.61 Å². The Balaban J connectivity index is 2.08. The highest BCUT2D eigenvalue weighted by atomic mass is 32.2. The highest BCUT2D eigenvalue weighted by Gasteiger charge is 2.33. The van der Waals surface area contributed by atoms with Crippen molar-refractivity contribution in [3.05, 3.63) is 41.1 Å². The van der Waals surface area contributed by atoms with Crippen molar-refractivity contribution in [2.24, 2.45) is 0 Å². The van der Waals surface area contributed by atoms with Crippen molar-refractivity contribution in [2.75, 3.05) is 37.8 Å². The van der Waals surface area contributed by atoms with Crippen LogP contribution in [0.3, 0.4) is 0 Å². The van der Waals surface area contributed by atoms with Crippen molar-refractivity contribution in [1.82, 2.24) is 10.2 Å². The molecule has 190 valence electrons. The molecule has 1 unspecified atom stereocenters. The molecule has 1 atom stereocenters. The number of allylic oxidation sites excluding steroid dienone is 1. The molecule has 1 heterocycles. The SMILES string of the molecule is CCCCCCCCS(=O)(=O)Nc1ccc(C2NC(=S)N(C)C(C)=C2C(=O)OCCOC)cc1. The van der Waals surface area contributed by atoms with Crippen LogP contribution in [0.1, 0.15) is 64.0 Å². The number of methoxy groups -OCH3 is 1. The van der Waals surface area contributed by atoms with Gasteiger partial charge < -0.3 is 19.7 Å². The van der Waals surface area contributed by atoms with Crippen LogP contribution < -0.4 is 10.0 Å². The zero-order chi connectivity index (χ0) is 25.1. The summed E-state index contributed by atoms with van der Waals surface area (Å²) in [6.07, 6.45) is 6.13. The number of sulfonamides is 1. The highest BCUT2D eigenvalue weighted by Crippen LogP contribution is 2.31. The molecule has 1 aliphatic rings. The summed E-state index contributed by atoms with van der Waals surface area (Å²) in [5, 5.41) is 3.67. The molecule has 1 aromatic carbocycles. The molecule has 0 saturated heterocycles. The van der Waals surface area contributed by atoms with Crippen molar-refractivity contribution in [2.45, 2.75) is 58.4 Å². The van der Waals surface area contributed by atoms with Crippen LogP contribution in [0.15, 0.2) is 35.5 Å². The molecule has 0 fully saturated rings. The molecular weight excluding hydrogens is 474 g/mol. The van der Waals surface area contributed by atoms with Gasteiger partial charge in [0.2, 0.25) is 10.0 Å². The zero-order valence-electron chi connectivity index (χ0n) is 20.6. The van der Waals surface area contributed by atoms with E-state index in [1.165, 1.54) is 12.8 Å². The molecule has 0 bridgehead atoms. The molecule has 2 N–H and O–H groups in total. The topological polar surface area (TPSA) is 97.0 Å². The van der Waals surface area contributed by atoms with E-state index in [0.29, 0.717) is 35.1 Å². The number of carbonyl (C=O) groups is 1. The fourth-order valence-corrected chi connectivity index (χ4v) is 5.13. The van der Waals surface area contributed by atoms with E-state index in [4.69, 9.17) is 21.7 Å². The maximum absolute atomic E-state index is 12.8. The van der Waals surface area contributed by atoms with E-state index in [-0.39, 0.29) is 12.4 Å². The lowest BCUT2D eigenvalue weighted by molar-refractivity contribution is -0.140. The van der Waals surface area contributed by atoms with Gasteiger partial charge >= 0.3 is 5.97 Å². The lowest BCUT2D eigenvalue weighted by Gasteiger charge is -2.35. The van der Waals surface area contributed by atoms with Crippen LogP contribution in [0.25, 0.3) is 0 Å². The summed E-state index contributed by atoms with van der Waals surface area (Å²) >= 11 is 5.42. The molecular formula is C24H37N3O5S2. The van der Waals surface area contributed by atoms with Gasteiger partial charge in [-0.2, -0.15) is 0 Å². The zero-order valence-corrected chi connectivity index (χ0v) is 22.2. The predicted molar refractivity (Wildman–Crippen MR) is 139 cm³/mol. The van der Waals surface area contributed by atoms with Crippen molar-refractivity contribution in [1.29, 1.82) is 0 Å². The number of hydrogen-bond acceptors (Lipinski definition) is 6. The minimum atomic E-state index is -3.42. The molecule has 0 aliphatic carbocycles. The van der Waals surface area contributed by atoms with Crippen molar-refractivity contribution in [3.63, 3.8) is 0 Å². The molecule has 0 radical (unpaired) electrons. The number of esters is 1. The summed E-state index contributed by atoms with van der Waals surface area (Å²) in [5.74, 6) is -0.351. The minimum Gasteiger partial charge on any atom is -0.460 e. The third-order valence-electron chi connectivity index (χ3n) is 5.78. The number of rotatable bonds is 14. The van der Waals surface area contributed by atoms with E-state index in [2.05, 4.69) is 17.0 Å². The smallest absolute Gasteiger partial charge is 0.338 e. The molecule has 1 aliphatic heterocycles. The van der Waals surface area contributed by atoms with Gasteiger partial charge in [-0.3, -0.25) is 4.72 Å². The normalized spacial score (nSPS) is 16.4. The number of unbranched alkanes of at least 4 members (excludes halogenated alkanes) is 5. The number of thiocarbonyl (C=S) groups is 1. The average molecular weight is 512 g/mol. The Labute approximate surface area is 209 Å². The Morgan fingerprint density at radius 1 is 1.12 bits per heavy atom. The van der Waals surface area contributed by atoms with Gasteiger partial charge in [0.25, 0.3) is 0 Å². The number of hydrogen-bond donors (Lipinski definition) is 2. The van der Waals surface area contributed by atoms with Crippen molar-refractivity contribution in [3.8, 4) is 0 Å². The Hall–Kier alpha value is -2.17. The van der Waals surface area contributed by atoms with E-state index in [1.807, 2.05) is 6.92 Å². The van der Waals surface area contributed by atoms with Crippen molar-refractivity contribution >= 4 is 39.0 Å². The molecule has 8 nitrogen and oxygen atoms in total. The summed E-state index contributed by atoms with van der Waals surface area (Å²) in [6.45, 7) is 4.42. The van der Waals surface area contributed by atoms with Gasteiger partial charge in [0.05, 0.1) is 24.0 Å². The number of anilines is 1. The Bertz CT molecular complexity index is 961. The lowest BCUT2D eigenvalue weighted by atomic mass is 9.95. The first kappa shape index (κ1) is 28.1. The summed E-state index contributed by atoms with van der Waals surface area (Å²) < 4.78 is 37.8. The third kappa shape index (κ3) is 8.25. The number of nitrogens with zero attached hydrogens (tertiary/aromatic N) is 1. The van der Waals surface area contributed by atoms with E-state index in [9.17, 15) is 13.2 Å². The van der Waals surface area contributed by atoms with Crippen LogP contribution in [-0.4, -0.2) is 57.5 Å². The molecule has 0 saturated carbocycles. The Kier molecular flexibility index (Phi) is 11.3. The maximum atomic E-state index is 12.8. The summed E-state index contributed by atoms with van der Waals surface area (Å²) in [7, 11) is -0.0920. The molecule has 2 rings (SSSR count). The number of nitrogens with one attached hydrogen (secondary N) is 2. The summed E-state index contributed by atoms with van der Waals surface area (Å²) in [6, 6.07) is 6.45. The quantitative estimate of drug-likeness (QED) is 0.219. The summed E-state index contributed by atoms with van der Waals surface area (Å²) in [5.41, 5.74) is 2.39. The second-order valence-electron chi connectivity index (χ2n) is 8.38. The van der Waals surface area contributed by atoms with Gasteiger partial charge in [0, 0.05) is 25.5 Å². The fourth-order valence-electron chi connectivity index (χ4n) is 3.69. The van der Waals surface area contributed by atoms with Crippen LogP contribution in [-0.2, 0) is 24.3 Å². The number of ether oxygens (including phenoxy) is 2.